The lowest BCUT2D eigenvalue weighted by molar-refractivity contribution is -0.384. The van der Waals surface area contributed by atoms with Gasteiger partial charge < -0.3 is 14.5 Å². The monoisotopic (exact) mass is 555 g/mol. The van der Waals surface area contributed by atoms with Crippen molar-refractivity contribution in [1.29, 1.82) is 0 Å². The third kappa shape index (κ3) is 5.77. The number of hydroxylamine groups is 2. The molecule has 0 spiro atoms. The SMILES string of the molecule is CCN(Oc1ccc(Cl)cc1Cl)C(=O)c1c(-c2cccc(CC(=O)O)c2)noc1-c1ccc([N+](=O)[O-])cc1. The predicted molar refractivity (Wildman–Crippen MR) is 139 cm³/mol. The topological polar surface area (TPSA) is 136 Å². The summed E-state index contributed by atoms with van der Waals surface area (Å²) < 4.78 is 5.58. The number of benzene rings is 3. The van der Waals surface area contributed by atoms with Gasteiger partial charge in [-0.25, -0.2) is 0 Å². The maximum atomic E-state index is 13.9. The highest BCUT2D eigenvalue weighted by atomic mass is 35.5. The van der Waals surface area contributed by atoms with Crippen LogP contribution in [0.5, 0.6) is 5.75 Å². The molecule has 0 atom stereocenters. The van der Waals surface area contributed by atoms with E-state index in [2.05, 4.69) is 5.16 Å². The van der Waals surface area contributed by atoms with Crippen LogP contribution < -0.4 is 4.84 Å². The van der Waals surface area contributed by atoms with Crippen molar-refractivity contribution in [3.8, 4) is 28.3 Å². The van der Waals surface area contributed by atoms with Gasteiger partial charge in [0.25, 0.3) is 11.6 Å². The minimum Gasteiger partial charge on any atom is -0.481 e. The summed E-state index contributed by atoms with van der Waals surface area (Å²) in [5.41, 5.74) is 1.30. The average Bonchev–Trinajstić information content (AvgIpc) is 3.33. The molecule has 0 radical (unpaired) electrons. The van der Waals surface area contributed by atoms with Crippen molar-refractivity contribution in [1.82, 2.24) is 10.2 Å². The number of aliphatic carboxylic acids is 1. The van der Waals surface area contributed by atoms with Crippen molar-refractivity contribution < 1.29 is 29.0 Å². The molecule has 38 heavy (non-hydrogen) atoms. The molecule has 4 rings (SSSR count). The van der Waals surface area contributed by atoms with Crippen LogP contribution in [0.3, 0.4) is 0 Å². The Bertz CT molecular complexity index is 1520. The van der Waals surface area contributed by atoms with E-state index in [4.69, 9.17) is 32.6 Å². The Morgan fingerprint density at radius 3 is 2.45 bits per heavy atom. The summed E-state index contributed by atoms with van der Waals surface area (Å²) in [5.74, 6) is -1.42. The van der Waals surface area contributed by atoms with Gasteiger partial charge in [-0.15, -0.1) is 0 Å². The fraction of sp³-hybridized carbons (Fsp3) is 0.115. The number of nitro groups is 1. The summed E-state index contributed by atoms with van der Waals surface area (Å²) in [6.45, 7) is 1.79. The molecule has 3 aromatic carbocycles. The van der Waals surface area contributed by atoms with Crippen molar-refractivity contribution in [3.05, 3.63) is 98.0 Å². The summed E-state index contributed by atoms with van der Waals surface area (Å²) >= 11 is 12.2. The molecule has 0 bridgehead atoms. The number of nitrogens with zero attached hydrogens (tertiary/aromatic N) is 3. The van der Waals surface area contributed by atoms with E-state index < -0.39 is 16.8 Å². The standard InChI is InChI=1S/C26H19Cl2N3O7/c1-2-30(38-21-11-8-18(27)14-20(21)28)26(34)23-24(17-5-3-4-15(12-17)13-22(32)33)29-37-25(23)16-6-9-19(10-7-16)31(35)36/h3-12,14H,2,13H2,1H3,(H,32,33). The Labute approximate surface area is 226 Å². The van der Waals surface area contributed by atoms with Crippen LogP contribution in [0.1, 0.15) is 22.8 Å². The minimum atomic E-state index is -1.02. The van der Waals surface area contributed by atoms with Gasteiger partial charge in [-0.05, 0) is 48.9 Å². The Balaban J connectivity index is 1.82. The molecule has 1 heterocycles. The number of carbonyl (C=O) groups excluding carboxylic acids is 1. The van der Waals surface area contributed by atoms with E-state index in [1.54, 1.807) is 37.3 Å². The quantitative estimate of drug-likeness (QED) is 0.187. The molecule has 4 aromatic rings. The molecule has 1 N–H and O–H groups in total. The van der Waals surface area contributed by atoms with E-state index >= 15 is 0 Å². The van der Waals surface area contributed by atoms with Gasteiger partial charge in [-0.2, -0.15) is 5.06 Å². The first-order chi connectivity index (χ1) is 18.2. The van der Waals surface area contributed by atoms with Crippen molar-refractivity contribution >= 4 is 40.8 Å². The molecule has 0 fully saturated rings. The zero-order valence-corrected chi connectivity index (χ0v) is 21.3. The molecule has 0 aliphatic heterocycles. The fourth-order valence-electron chi connectivity index (χ4n) is 3.66. The normalized spacial score (nSPS) is 10.7. The highest BCUT2D eigenvalue weighted by Gasteiger charge is 2.30. The highest BCUT2D eigenvalue weighted by molar-refractivity contribution is 6.35. The Hall–Kier alpha value is -4.41. The summed E-state index contributed by atoms with van der Waals surface area (Å²) in [6, 6.07) is 16.5. The maximum absolute atomic E-state index is 13.9. The van der Waals surface area contributed by atoms with Gasteiger partial charge in [-0.3, -0.25) is 19.7 Å². The Morgan fingerprint density at radius 2 is 1.82 bits per heavy atom. The maximum Gasteiger partial charge on any atom is 0.307 e. The van der Waals surface area contributed by atoms with Gasteiger partial charge in [0.2, 0.25) is 0 Å². The molecule has 0 saturated carbocycles. The highest BCUT2D eigenvalue weighted by Crippen LogP contribution is 2.35. The zero-order valence-electron chi connectivity index (χ0n) is 19.8. The van der Waals surface area contributed by atoms with Crippen LogP contribution in [0.25, 0.3) is 22.6 Å². The van der Waals surface area contributed by atoms with Gasteiger partial charge >= 0.3 is 5.97 Å². The van der Waals surface area contributed by atoms with Gasteiger partial charge in [-0.1, -0.05) is 46.6 Å². The van der Waals surface area contributed by atoms with Crippen molar-refractivity contribution in [2.75, 3.05) is 6.54 Å². The molecular weight excluding hydrogens is 537 g/mol. The number of amides is 1. The summed E-state index contributed by atoms with van der Waals surface area (Å²) in [4.78, 5) is 41.5. The largest absolute Gasteiger partial charge is 0.481 e. The lowest BCUT2D eigenvalue weighted by Gasteiger charge is -2.22. The second-order valence-electron chi connectivity index (χ2n) is 7.98. The molecule has 12 heteroatoms. The van der Waals surface area contributed by atoms with Crippen LogP contribution in [0.15, 0.2) is 71.3 Å². The van der Waals surface area contributed by atoms with Crippen LogP contribution >= 0.6 is 23.2 Å². The van der Waals surface area contributed by atoms with Crippen LogP contribution in [0.4, 0.5) is 5.69 Å². The molecular formula is C26H19Cl2N3O7. The molecule has 0 unspecified atom stereocenters. The minimum absolute atomic E-state index is 0.0123. The van der Waals surface area contributed by atoms with Crippen LogP contribution in [-0.4, -0.2) is 38.7 Å². The summed E-state index contributed by atoms with van der Waals surface area (Å²) in [7, 11) is 0. The summed E-state index contributed by atoms with van der Waals surface area (Å²) in [6.07, 6.45) is -0.233. The van der Waals surface area contributed by atoms with Gasteiger partial charge in [0.15, 0.2) is 11.5 Å². The first-order valence-electron chi connectivity index (χ1n) is 11.2. The number of aromatic nitrogens is 1. The molecule has 0 aliphatic carbocycles. The average molecular weight is 556 g/mol. The Morgan fingerprint density at radius 1 is 1.08 bits per heavy atom. The molecule has 1 amide bonds. The van der Waals surface area contributed by atoms with Gasteiger partial charge in [0.05, 0.1) is 22.9 Å². The molecule has 1 aromatic heterocycles. The fourth-order valence-corrected chi connectivity index (χ4v) is 4.11. The van der Waals surface area contributed by atoms with Crippen LogP contribution in [0.2, 0.25) is 10.0 Å². The van der Waals surface area contributed by atoms with E-state index in [0.29, 0.717) is 21.7 Å². The van der Waals surface area contributed by atoms with Crippen molar-refractivity contribution in [3.63, 3.8) is 0 Å². The molecule has 0 aliphatic rings. The van der Waals surface area contributed by atoms with E-state index in [1.807, 2.05) is 0 Å². The second-order valence-corrected chi connectivity index (χ2v) is 8.82. The van der Waals surface area contributed by atoms with E-state index in [0.717, 1.165) is 5.06 Å². The third-order valence-electron chi connectivity index (χ3n) is 5.42. The van der Waals surface area contributed by atoms with Gasteiger partial charge in [0, 0.05) is 28.3 Å². The number of carboxylic acid groups (broad SMARTS) is 1. The summed E-state index contributed by atoms with van der Waals surface area (Å²) in [5, 5.41) is 26.0. The van der Waals surface area contributed by atoms with E-state index in [-0.39, 0.29) is 46.4 Å². The number of rotatable bonds is 9. The lowest BCUT2D eigenvalue weighted by atomic mass is 9.99. The lowest BCUT2D eigenvalue weighted by Crippen LogP contribution is -2.34. The molecule has 194 valence electrons. The van der Waals surface area contributed by atoms with Crippen molar-refractivity contribution in [2.45, 2.75) is 13.3 Å². The number of hydrogen-bond acceptors (Lipinski definition) is 7. The van der Waals surface area contributed by atoms with Crippen molar-refractivity contribution in [2.24, 2.45) is 0 Å². The molecule has 10 nitrogen and oxygen atoms in total. The van der Waals surface area contributed by atoms with Crippen LogP contribution in [-0.2, 0) is 11.2 Å². The molecule has 0 saturated heterocycles. The predicted octanol–water partition coefficient (Wildman–Crippen LogP) is 6.31. The second kappa shape index (κ2) is 11.3. The number of nitro benzene ring substituents is 1. The number of hydrogen-bond donors (Lipinski definition) is 1. The number of non-ortho nitro benzene ring substituents is 1. The Kier molecular flexibility index (Phi) is 7.94. The van der Waals surface area contributed by atoms with Gasteiger partial charge in [0.1, 0.15) is 11.3 Å². The zero-order chi connectivity index (χ0) is 27.4. The third-order valence-corrected chi connectivity index (χ3v) is 5.95. The van der Waals surface area contributed by atoms with E-state index in [9.17, 15) is 24.8 Å². The first kappa shape index (κ1) is 26.6. The van der Waals surface area contributed by atoms with Crippen LogP contribution in [0, 0.1) is 10.1 Å². The smallest absolute Gasteiger partial charge is 0.307 e. The number of carboxylic acids is 1. The number of halogens is 2. The number of carbonyl (C=O) groups is 2. The van der Waals surface area contributed by atoms with E-state index in [1.165, 1.54) is 36.4 Å². The first-order valence-corrected chi connectivity index (χ1v) is 11.9.